The van der Waals surface area contributed by atoms with Crippen LogP contribution in [-0.4, -0.2) is 61.2 Å². The number of rotatable bonds is 6. The Morgan fingerprint density at radius 2 is 1.70 bits per heavy atom. The Balaban J connectivity index is 1.85. The van der Waals surface area contributed by atoms with Crippen molar-refractivity contribution in [3.05, 3.63) is 64.1 Å². The Kier molecular flexibility index (Phi) is 7.15. The van der Waals surface area contributed by atoms with E-state index in [9.17, 15) is 14.4 Å². The largest absolute Gasteiger partial charge is 0.489 e. The highest BCUT2D eigenvalue weighted by molar-refractivity contribution is 7.99. The maximum atomic E-state index is 12.9. The number of nitrogens with zero attached hydrogens (tertiary/aromatic N) is 1. The lowest BCUT2D eigenvalue weighted by molar-refractivity contribution is -0.125. The summed E-state index contributed by atoms with van der Waals surface area (Å²) in [7, 11) is 2.69. The molecule has 2 aliphatic rings. The molecule has 1 amide bonds. The normalized spacial score (nSPS) is 17.8. The van der Waals surface area contributed by atoms with Gasteiger partial charge in [-0.2, -0.15) is 11.8 Å². The Morgan fingerprint density at radius 3 is 2.37 bits per heavy atom. The lowest BCUT2D eigenvalue weighted by Gasteiger charge is -2.25. The Labute approximate surface area is 180 Å². The van der Waals surface area contributed by atoms with E-state index in [1.165, 1.54) is 14.2 Å². The summed E-state index contributed by atoms with van der Waals surface area (Å²) in [5, 5.41) is 0. The van der Waals surface area contributed by atoms with Gasteiger partial charge in [0.05, 0.1) is 14.2 Å². The van der Waals surface area contributed by atoms with E-state index in [-0.39, 0.29) is 35.4 Å². The van der Waals surface area contributed by atoms with Crippen LogP contribution in [0.1, 0.15) is 18.1 Å². The maximum absolute atomic E-state index is 12.9. The lowest BCUT2D eigenvalue weighted by Crippen LogP contribution is -2.36. The van der Waals surface area contributed by atoms with Gasteiger partial charge in [0.2, 0.25) is 29.0 Å². The SMILES string of the molecule is COC1=C(OC)C(=O)C(Cc2ccccc2C=CC(=O)N2CCSCC2)=C(C)C1=O. The van der Waals surface area contributed by atoms with Crippen molar-refractivity contribution < 1.29 is 23.9 Å². The van der Waals surface area contributed by atoms with Gasteiger partial charge in [0.15, 0.2) is 0 Å². The van der Waals surface area contributed by atoms with Crippen LogP contribution in [0.25, 0.3) is 6.08 Å². The predicted octanol–water partition coefficient (Wildman–Crippen LogP) is 2.79. The van der Waals surface area contributed by atoms with Crippen molar-refractivity contribution in [1.82, 2.24) is 4.90 Å². The number of methoxy groups -OCH3 is 2. The van der Waals surface area contributed by atoms with E-state index < -0.39 is 0 Å². The first-order valence-electron chi connectivity index (χ1n) is 9.72. The topological polar surface area (TPSA) is 72.9 Å². The van der Waals surface area contributed by atoms with Gasteiger partial charge in [0.1, 0.15) is 0 Å². The maximum Gasteiger partial charge on any atom is 0.246 e. The van der Waals surface area contributed by atoms with Crippen LogP contribution in [0.5, 0.6) is 0 Å². The van der Waals surface area contributed by atoms with Gasteiger partial charge in [-0.15, -0.1) is 0 Å². The fraction of sp³-hybridized carbons (Fsp3) is 0.348. The molecule has 1 aromatic carbocycles. The highest BCUT2D eigenvalue weighted by Gasteiger charge is 2.34. The van der Waals surface area contributed by atoms with Crippen LogP contribution < -0.4 is 0 Å². The van der Waals surface area contributed by atoms with Crippen LogP contribution in [-0.2, 0) is 30.3 Å². The molecule has 6 nitrogen and oxygen atoms in total. The van der Waals surface area contributed by atoms with E-state index in [0.29, 0.717) is 11.1 Å². The average Bonchev–Trinajstić information content (AvgIpc) is 2.78. The van der Waals surface area contributed by atoms with Crippen molar-refractivity contribution in [3.8, 4) is 0 Å². The number of benzene rings is 1. The monoisotopic (exact) mass is 427 g/mol. The zero-order valence-corrected chi connectivity index (χ0v) is 18.2. The van der Waals surface area contributed by atoms with E-state index >= 15 is 0 Å². The number of Topliss-reactive ketones (excluding diaryl/α,β-unsaturated/α-hetero) is 2. The molecule has 1 aromatic rings. The molecule has 3 rings (SSSR count). The van der Waals surface area contributed by atoms with Crippen molar-refractivity contribution >= 4 is 35.3 Å². The number of hydrogen-bond donors (Lipinski definition) is 0. The van der Waals surface area contributed by atoms with Crippen LogP contribution in [0.15, 0.2) is 53.0 Å². The molecule has 0 spiro atoms. The first-order chi connectivity index (χ1) is 14.5. The summed E-state index contributed by atoms with van der Waals surface area (Å²) < 4.78 is 10.2. The standard InChI is InChI=1S/C23H25NO5S/c1-15-18(21(27)23(29-3)22(28-2)20(15)26)14-17-7-5-4-6-16(17)8-9-19(25)24-10-12-30-13-11-24/h4-9H,10-14H2,1-3H3. The molecule has 0 unspecified atom stereocenters. The van der Waals surface area contributed by atoms with E-state index in [1.54, 1.807) is 19.1 Å². The summed E-state index contributed by atoms with van der Waals surface area (Å²) in [5.74, 6) is 1.05. The minimum absolute atomic E-state index is 0.0150. The van der Waals surface area contributed by atoms with Crippen molar-refractivity contribution in [2.45, 2.75) is 13.3 Å². The van der Waals surface area contributed by atoms with E-state index in [4.69, 9.17) is 9.47 Å². The summed E-state index contributed by atoms with van der Waals surface area (Å²) in [6.07, 6.45) is 3.61. The third-order valence-electron chi connectivity index (χ3n) is 5.24. The van der Waals surface area contributed by atoms with Gasteiger partial charge in [-0.25, -0.2) is 0 Å². The van der Waals surface area contributed by atoms with Crippen molar-refractivity contribution in [1.29, 1.82) is 0 Å². The molecule has 0 N–H and O–H groups in total. The highest BCUT2D eigenvalue weighted by atomic mass is 32.2. The number of carbonyl (C=O) groups is 3. The minimum atomic E-state index is -0.355. The number of hydrogen-bond acceptors (Lipinski definition) is 6. The second-order valence-corrected chi connectivity index (χ2v) is 8.20. The van der Waals surface area contributed by atoms with Crippen LogP contribution in [0.3, 0.4) is 0 Å². The van der Waals surface area contributed by atoms with Gasteiger partial charge in [-0.3, -0.25) is 14.4 Å². The summed E-state index contributed by atoms with van der Waals surface area (Å²) in [5.41, 5.74) is 2.40. The summed E-state index contributed by atoms with van der Waals surface area (Å²) in [6, 6.07) is 7.53. The molecular formula is C23H25NO5S. The predicted molar refractivity (Wildman–Crippen MR) is 117 cm³/mol. The number of ketones is 2. The molecule has 1 fully saturated rings. The molecule has 1 heterocycles. The molecule has 0 saturated carbocycles. The van der Waals surface area contributed by atoms with Gasteiger partial charge in [-0.05, 0) is 24.1 Å². The molecule has 158 valence electrons. The lowest BCUT2D eigenvalue weighted by atomic mass is 9.87. The third kappa shape index (κ3) is 4.51. The van der Waals surface area contributed by atoms with Gasteiger partial charge >= 0.3 is 0 Å². The molecule has 0 radical (unpaired) electrons. The Hall–Kier alpha value is -2.80. The zero-order valence-electron chi connectivity index (χ0n) is 17.4. The smallest absolute Gasteiger partial charge is 0.246 e. The number of amides is 1. The summed E-state index contributed by atoms with van der Waals surface area (Å²) in [6.45, 7) is 3.13. The Bertz CT molecular complexity index is 954. The van der Waals surface area contributed by atoms with E-state index in [2.05, 4.69) is 0 Å². The fourth-order valence-corrected chi connectivity index (χ4v) is 4.41. The molecule has 30 heavy (non-hydrogen) atoms. The van der Waals surface area contributed by atoms with Crippen LogP contribution >= 0.6 is 11.8 Å². The number of ether oxygens (including phenoxy) is 2. The molecule has 0 aromatic heterocycles. The molecule has 1 aliphatic heterocycles. The number of allylic oxidation sites excluding steroid dienone is 2. The van der Waals surface area contributed by atoms with Gasteiger partial charge in [-0.1, -0.05) is 24.3 Å². The first-order valence-corrected chi connectivity index (χ1v) is 10.9. The zero-order chi connectivity index (χ0) is 21.7. The number of carbonyl (C=O) groups excluding carboxylic acids is 3. The molecule has 7 heteroatoms. The molecular weight excluding hydrogens is 402 g/mol. The second kappa shape index (κ2) is 9.80. The van der Waals surface area contributed by atoms with Crippen molar-refractivity contribution in [2.75, 3.05) is 38.8 Å². The quantitative estimate of drug-likeness (QED) is 0.514. The van der Waals surface area contributed by atoms with Crippen LogP contribution in [0, 0.1) is 0 Å². The Morgan fingerprint density at radius 1 is 1.07 bits per heavy atom. The third-order valence-corrected chi connectivity index (χ3v) is 6.19. The fourth-order valence-electron chi connectivity index (χ4n) is 3.50. The van der Waals surface area contributed by atoms with E-state index in [1.807, 2.05) is 40.9 Å². The molecule has 1 aliphatic carbocycles. The van der Waals surface area contributed by atoms with Gasteiger partial charge < -0.3 is 14.4 Å². The van der Waals surface area contributed by atoms with Crippen LogP contribution in [0.2, 0.25) is 0 Å². The van der Waals surface area contributed by atoms with Gasteiger partial charge in [0, 0.05) is 48.2 Å². The summed E-state index contributed by atoms with van der Waals surface area (Å²) >= 11 is 1.85. The minimum Gasteiger partial charge on any atom is -0.489 e. The second-order valence-electron chi connectivity index (χ2n) is 6.97. The molecule has 0 bridgehead atoms. The van der Waals surface area contributed by atoms with Crippen molar-refractivity contribution in [2.24, 2.45) is 0 Å². The average molecular weight is 428 g/mol. The first kappa shape index (κ1) is 21.9. The molecule has 1 saturated heterocycles. The van der Waals surface area contributed by atoms with E-state index in [0.717, 1.165) is 35.7 Å². The highest BCUT2D eigenvalue weighted by Crippen LogP contribution is 2.29. The molecule has 0 atom stereocenters. The number of thioether (sulfide) groups is 1. The van der Waals surface area contributed by atoms with Gasteiger partial charge in [0.25, 0.3) is 0 Å². The summed E-state index contributed by atoms with van der Waals surface area (Å²) in [4.78, 5) is 39.8. The van der Waals surface area contributed by atoms with Crippen molar-refractivity contribution in [3.63, 3.8) is 0 Å². The van der Waals surface area contributed by atoms with Crippen LogP contribution in [0.4, 0.5) is 0 Å².